The van der Waals surface area contributed by atoms with Gasteiger partial charge in [0.25, 0.3) is 0 Å². The van der Waals surface area contributed by atoms with Crippen LogP contribution in [0.2, 0.25) is 0 Å². The van der Waals surface area contributed by atoms with E-state index in [4.69, 9.17) is 17.2 Å². The molecule has 0 saturated heterocycles. The van der Waals surface area contributed by atoms with Gasteiger partial charge in [0.05, 0.1) is 0 Å². The first-order valence-electron chi connectivity index (χ1n) is 3.66. The number of hydrogen-bond acceptors (Lipinski definition) is 3. The topological polar surface area (TPSA) is 78.1 Å². The highest BCUT2D eigenvalue weighted by atomic mass is 79.9. The Morgan fingerprint density at radius 1 is 1.42 bits per heavy atom. The van der Waals surface area contributed by atoms with Crippen LogP contribution in [0.4, 0.5) is 5.69 Å². The van der Waals surface area contributed by atoms with Crippen molar-refractivity contribution in [2.75, 3.05) is 12.3 Å². The van der Waals surface area contributed by atoms with Crippen molar-refractivity contribution in [1.82, 2.24) is 0 Å². The second-order valence-corrected chi connectivity index (χ2v) is 3.44. The van der Waals surface area contributed by atoms with Crippen molar-refractivity contribution >= 4 is 21.6 Å². The van der Waals surface area contributed by atoms with Crippen LogP contribution in [0.25, 0.3) is 0 Å². The first-order valence-corrected chi connectivity index (χ1v) is 4.45. The van der Waals surface area contributed by atoms with Crippen molar-refractivity contribution < 1.29 is 0 Å². The highest BCUT2D eigenvalue weighted by molar-refractivity contribution is 9.10. The van der Waals surface area contributed by atoms with Crippen molar-refractivity contribution in [1.29, 1.82) is 0 Å². The van der Waals surface area contributed by atoms with E-state index in [2.05, 4.69) is 15.9 Å². The molecule has 1 atom stereocenters. The summed E-state index contributed by atoms with van der Waals surface area (Å²) < 4.78 is 0.917. The summed E-state index contributed by atoms with van der Waals surface area (Å²) in [4.78, 5) is 0. The van der Waals surface area contributed by atoms with Crippen molar-refractivity contribution in [3.63, 3.8) is 0 Å². The molecule has 4 heteroatoms. The summed E-state index contributed by atoms with van der Waals surface area (Å²) >= 11 is 3.37. The second kappa shape index (κ2) is 3.89. The van der Waals surface area contributed by atoms with Gasteiger partial charge >= 0.3 is 0 Å². The molecule has 0 saturated carbocycles. The third-order valence-corrected chi connectivity index (χ3v) is 2.40. The van der Waals surface area contributed by atoms with E-state index in [1.165, 1.54) is 0 Å². The number of nitrogens with two attached hydrogens (primary N) is 3. The van der Waals surface area contributed by atoms with Crippen LogP contribution in [0.5, 0.6) is 0 Å². The molecule has 12 heavy (non-hydrogen) atoms. The van der Waals surface area contributed by atoms with E-state index in [-0.39, 0.29) is 6.04 Å². The first kappa shape index (κ1) is 9.51. The maximum Gasteiger partial charge on any atom is 0.0451 e. The normalized spacial score (nSPS) is 12.9. The van der Waals surface area contributed by atoms with Gasteiger partial charge < -0.3 is 17.2 Å². The Hall–Kier alpha value is -0.580. The van der Waals surface area contributed by atoms with Gasteiger partial charge in [-0.1, -0.05) is 22.0 Å². The monoisotopic (exact) mass is 229 g/mol. The number of nitrogen functional groups attached to an aromatic ring is 1. The van der Waals surface area contributed by atoms with Crippen molar-refractivity contribution in [3.8, 4) is 0 Å². The van der Waals surface area contributed by atoms with Crippen LogP contribution in [0, 0.1) is 0 Å². The quantitative estimate of drug-likeness (QED) is 0.663. The highest BCUT2D eigenvalue weighted by Gasteiger charge is 2.10. The summed E-state index contributed by atoms with van der Waals surface area (Å²) in [5, 5.41) is 0. The van der Waals surface area contributed by atoms with Crippen LogP contribution in [0.1, 0.15) is 11.6 Å². The lowest BCUT2D eigenvalue weighted by atomic mass is 10.1. The fraction of sp³-hybridized carbons (Fsp3) is 0.250. The predicted molar refractivity (Wildman–Crippen MR) is 54.5 cm³/mol. The van der Waals surface area contributed by atoms with Gasteiger partial charge in [0.1, 0.15) is 0 Å². The average molecular weight is 230 g/mol. The van der Waals surface area contributed by atoms with Gasteiger partial charge in [-0.15, -0.1) is 0 Å². The summed E-state index contributed by atoms with van der Waals surface area (Å²) in [6.07, 6.45) is 0. The largest absolute Gasteiger partial charge is 0.398 e. The van der Waals surface area contributed by atoms with Crippen molar-refractivity contribution in [2.45, 2.75) is 6.04 Å². The van der Waals surface area contributed by atoms with E-state index < -0.39 is 0 Å². The molecule has 0 aliphatic rings. The Morgan fingerprint density at radius 2 is 2.08 bits per heavy atom. The van der Waals surface area contributed by atoms with Crippen molar-refractivity contribution in [2.24, 2.45) is 11.5 Å². The fourth-order valence-electron chi connectivity index (χ4n) is 1.06. The fourth-order valence-corrected chi connectivity index (χ4v) is 1.74. The minimum atomic E-state index is -0.194. The van der Waals surface area contributed by atoms with E-state index in [0.29, 0.717) is 12.2 Å². The molecule has 0 heterocycles. The van der Waals surface area contributed by atoms with Crippen LogP contribution < -0.4 is 17.2 Å². The zero-order valence-electron chi connectivity index (χ0n) is 6.63. The molecule has 1 aromatic carbocycles. The number of hydrogen-bond donors (Lipinski definition) is 3. The maximum absolute atomic E-state index is 5.76. The van der Waals surface area contributed by atoms with Crippen LogP contribution in [-0.2, 0) is 0 Å². The molecule has 6 N–H and O–H groups in total. The molecule has 0 amide bonds. The molecule has 0 bridgehead atoms. The van der Waals surface area contributed by atoms with E-state index in [9.17, 15) is 0 Å². The Bertz CT molecular complexity index is 255. The standard InChI is InChI=1S/C8H12BrN3/c9-5-2-1-3-6(11)8(5)7(12)4-10/h1-3,7H,4,10-12H2/t7-/m0/s1. The van der Waals surface area contributed by atoms with E-state index in [1.54, 1.807) is 0 Å². The van der Waals surface area contributed by atoms with Gasteiger partial charge in [-0.05, 0) is 12.1 Å². The van der Waals surface area contributed by atoms with E-state index >= 15 is 0 Å². The highest BCUT2D eigenvalue weighted by Crippen LogP contribution is 2.26. The molecular weight excluding hydrogens is 218 g/mol. The number of anilines is 1. The SMILES string of the molecule is NC[C@H](N)c1c(N)cccc1Br. The first-order chi connectivity index (χ1) is 5.66. The van der Waals surface area contributed by atoms with Gasteiger partial charge in [-0.2, -0.15) is 0 Å². The Morgan fingerprint density at radius 3 is 2.58 bits per heavy atom. The lowest BCUT2D eigenvalue weighted by Gasteiger charge is -2.13. The average Bonchev–Trinajstić information content (AvgIpc) is 2.03. The summed E-state index contributed by atoms with van der Waals surface area (Å²) in [6.45, 7) is 0.396. The lowest BCUT2D eigenvalue weighted by Crippen LogP contribution is -2.22. The van der Waals surface area contributed by atoms with Gasteiger partial charge in [0.15, 0.2) is 0 Å². The number of rotatable bonds is 2. The Labute approximate surface area is 80.0 Å². The predicted octanol–water partition coefficient (Wildman–Crippen LogP) is 0.990. The van der Waals surface area contributed by atoms with Crippen LogP contribution in [0.15, 0.2) is 22.7 Å². The molecule has 0 spiro atoms. The molecular formula is C8H12BrN3. The molecule has 0 fully saturated rings. The molecule has 0 aliphatic carbocycles. The molecule has 0 aliphatic heterocycles. The zero-order chi connectivity index (χ0) is 9.14. The number of halogens is 1. The minimum Gasteiger partial charge on any atom is -0.398 e. The second-order valence-electron chi connectivity index (χ2n) is 2.58. The molecule has 0 radical (unpaired) electrons. The van der Waals surface area contributed by atoms with Gasteiger partial charge in [0, 0.05) is 28.3 Å². The molecule has 0 aromatic heterocycles. The van der Waals surface area contributed by atoms with E-state index in [0.717, 1.165) is 10.0 Å². The zero-order valence-corrected chi connectivity index (χ0v) is 8.21. The Balaban J connectivity index is 3.12. The van der Waals surface area contributed by atoms with Crippen molar-refractivity contribution in [3.05, 3.63) is 28.2 Å². The van der Waals surface area contributed by atoms with E-state index in [1.807, 2.05) is 18.2 Å². The maximum atomic E-state index is 5.76. The van der Waals surface area contributed by atoms with Crippen LogP contribution in [-0.4, -0.2) is 6.54 Å². The summed E-state index contributed by atoms with van der Waals surface area (Å²) in [6, 6.07) is 5.39. The molecule has 1 rings (SSSR count). The number of benzene rings is 1. The molecule has 3 nitrogen and oxygen atoms in total. The third kappa shape index (κ3) is 1.77. The van der Waals surface area contributed by atoms with Gasteiger partial charge in [-0.3, -0.25) is 0 Å². The molecule has 66 valence electrons. The van der Waals surface area contributed by atoms with Crippen LogP contribution in [0.3, 0.4) is 0 Å². The molecule has 0 unspecified atom stereocenters. The Kier molecular flexibility index (Phi) is 3.08. The van der Waals surface area contributed by atoms with Gasteiger partial charge in [0.2, 0.25) is 0 Å². The summed E-state index contributed by atoms with van der Waals surface area (Å²) in [5.74, 6) is 0. The third-order valence-electron chi connectivity index (χ3n) is 1.71. The van der Waals surface area contributed by atoms with Gasteiger partial charge in [-0.25, -0.2) is 0 Å². The summed E-state index contributed by atoms with van der Waals surface area (Å²) in [7, 11) is 0. The van der Waals surface area contributed by atoms with Crippen LogP contribution >= 0.6 is 15.9 Å². The summed E-state index contributed by atoms with van der Waals surface area (Å²) in [5.41, 5.74) is 18.5. The molecule has 1 aromatic rings. The lowest BCUT2D eigenvalue weighted by molar-refractivity contribution is 0.736. The smallest absolute Gasteiger partial charge is 0.0451 e. The minimum absolute atomic E-state index is 0.194.